The molecule has 1 saturated carbocycles. The van der Waals surface area contributed by atoms with E-state index in [1.807, 2.05) is 0 Å². The van der Waals surface area contributed by atoms with Gasteiger partial charge in [-0.2, -0.15) is 0 Å². The lowest BCUT2D eigenvalue weighted by Gasteiger charge is -2.47. The van der Waals surface area contributed by atoms with Gasteiger partial charge in [0.2, 0.25) is 0 Å². The number of aryl methyl sites for hydroxylation is 1. The minimum absolute atomic E-state index is 0.0369. The zero-order valence-electron chi connectivity index (χ0n) is 11.2. The summed E-state index contributed by atoms with van der Waals surface area (Å²) in [5.74, 6) is 0.971. The van der Waals surface area contributed by atoms with Gasteiger partial charge in [-0.15, -0.1) is 0 Å². The van der Waals surface area contributed by atoms with Gasteiger partial charge in [-0.1, -0.05) is 19.1 Å². The average molecular weight is 247 g/mol. The highest BCUT2D eigenvalue weighted by molar-refractivity contribution is 5.44. The maximum atomic E-state index is 6.47. The molecule has 0 unspecified atom stereocenters. The van der Waals surface area contributed by atoms with E-state index in [1.165, 1.54) is 11.1 Å². The summed E-state index contributed by atoms with van der Waals surface area (Å²) in [7, 11) is 1.72. The third-order valence-corrected chi connectivity index (χ3v) is 4.65. The van der Waals surface area contributed by atoms with Gasteiger partial charge in [0.15, 0.2) is 0 Å². The largest absolute Gasteiger partial charge is 0.496 e. The minimum atomic E-state index is -0.0369. The summed E-state index contributed by atoms with van der Waals surface area (Å²) in [5.41, 5.74) is 9.06. The van der Waals surface area contributed by atoms with Crippen molar-refractivity contribution in [3.63, 3.8) is 0 Å². The summed E-state index contributed by atoms with van der Waals surface area (Å²) in [4.78, 5) is 0. The second kappa shape index (κ2) is 3.97. The molecule has 3 nitrogen and oxygen atoms in total. The first kappa shape index (κ1) is 12.0. The fourth-order valence-corrected chi connectivity index (χ4v) is 3.01. The molecule has 3 heteroatoms. The van der Waals surface area contributed by atoms with E-state index < -0.39 is 0 Å². The summed E-state index contributed by atoms with van der Waals surface area (Å²) in [6.45, 7) is 3.68. The number of rotatable bonds is 4. The monoisotopic (exact) mass is 247 g/mol. The molecule has 1 aliphatic heterocycles. The Hall–Kier alpha value is -1.06. The summed E-state index contributed by atoms with van der Waals surface area (Å²) in [6.07, 6.45) is 3.21. The minimum Gasteiger partial charge on any atom is -0.496 e. The van der Waals surface area contributed by atoms with Crippen LogP contribution in [0.4, 0.5) is 0 Å². The molecule has 1 aliphatic carbocycles. The molecule has 0 bridgehead atoms. The van der Waals surface area contributed by atoms with Crippen LogP contribution >= 0.6 is 0 Å². The maximum absolute atomic E-state index is 6.47. The Labute approximate surface area is 108 Å². The standard InChI is InChI=1S/C15H21NO2/c1-3-11-8-12(4-5-13(11)17-2)14(9-18-10-14)15(16)6-7-15/h4-5,8H,3,6-7,9-10,16H2,1-2H3. The van der Waals surface area contributed by atoms with Crippen LogP contribution in [0.2, 0.25) is 0 Å². The van der Waals surface area contributed by atoms with E-state index in [-0.39, 0.29) is 11.0 Å². The molecular weight excluding hydrogens is 226 g/mol. The quantitative estimate of drug-likeness (QED) is 0.885. The van der Waals surface area contributed by atoms with Crippen molar-refractivity contribution in [2.24, 2.45) is 5.73 Å². The van der Waals surface area contributed by atoms with Gasteiger partial charge < -0.3 is 15.2 Å². The van der Waals surface area contributed by atoms with Gasteiger partial charge >= 0.3 is 0 Å². The Morgan fingerprint density at radius 3 is 2.50 bits per heavy atom. The third-order valence-electron chi connectivity index (χ3n) is 4.65. The van der Waals surface area contributed by atoms with Crippen molar-refractivity contribution in [1.82, 2.24) is 0 Å². The molecule has 2 aliphatic rings. The van der Waals surface area contributed by atoms with Gasteiger partial charge in [-0.05, 0) is 36.5 Å². The number of ether oxygens (including phenoxy) is 2. The van der Waals surface area contributed by atoms with E-state index in [2.05, 4.69) is 25.1 Å². The topological polar surface area (TPSA) is 44.5 Å². The molecule has 0 aromatic heterocycles. The second-order valence-electron chi connectivity index (χ2n) is 5.61. The van der Waals surface area contributed by atoms with Gasteiger partial charge in [0.1, 0.15) is 5.75 Å². The van der Waals surface area contributed by atoms with Crippen LogP contribution in [0.3, 0.4) is 0 Å². The van der Waals surface area contributed by atoms with Gasteiger partial charge in [-0.3, -0.25) is 0 Å². The number of nitrogens with two attached hydrogens (primary N) is 1. The summed E-state index contributed by atoms with van der Waals surface area (Å²) in [5, 5.41) is 0. The van der Waals surface area contributed by atoms with Crippen LogP contribution in [-0.2, 0) is 16.6 Å². The molecule has 1 aromatic carbocycles. The number of benzene rings is 1. The van der Waals surface area contributed by atoms with Crippen LogP contribution in [0.5, 0.6) is 5.75 Å². The van der Waals surface area contributed by atoms with Crippen LogP contribution in [-0.4, -0.2) is 25.9 Å². The molecule has 18 heavy (non-hydrogen) atoms. The van der Waals surface area contributed by atoms with Crippen LogP contribution in [0, 0.1) is 0 Å². The maximum Gasteiger partial charge on any atom is 0.122 e. The second-order valence-corrected chi connectivity index (χ2v) is 5.61. The smallest absolute Gasteiger partial charge is 0.122 e. The first-order valence-electron chi connectivity index (χ1n) is 6.69. The fourth-order valence-electron chi connectivity index (χ4n) is 3.01. The van der Waals surface area contributed by atoms with Crippen molar-refractivity contribution in [3.05, 3.63) is 29.3 Å². The fraction of sp³-hybridized carbons (Fsp3) is 0.600. The van der Waals surface area contributed by atoms with E-state index in [4.69, 9.17) is 15.2 Å². The molecule has 98 valence electrons. The highest BCUT2D eigenvalue weighted by Gasteiger charge is 2.61. The Morgan fingerprint density at radius 1 is 1.33 bits per heavy atom. The van der Waals surface area contributed by atoms with Crippen molar-refractivity contribution < 1.29 is 9.47 Å². The molecule has 0 amide bonds. The zero-order valence-corrected chi connectivity index (χ0v) is 11.2. The zero-order chi connectivity index (χ0) is 12.8. The lowest BCUT2D eigenvalue weighted by Crippen LogP contribution is -2.60. The molecule has 0 atom stereocenters. The van der Waals surface area contributed by atoms with Gasteiger partial charge in [-0.25, -0.2) is 0 Å². The normalized spacial score (nSPS) is 23.3. The Balaban J connectivity index is 2.01. The molecule has 1 saturated heterocycles. The summed E-state index contributed by atoms with van der Waals surface area (Å²) >= 11 is 0. The van der Waals surface area contributed by atoms with E-state index in [0.29, 0.717) is 0 Å². The Morgan fingerprint density at radius 2 is 2.06 bits per heavy atom. The van der Waals surface area contributed by atoms with Crippen LogP contribution < -0.4 is 10.5 Å². The SMILES string of the molecule is CCc1cc(C2(C3(N)CC3)COC2)ccc1OC. The van der Waals surface area contributed by atoms with E-state index in [1.54, 1.807) is 7.11 Å². The molecule has 2 fully saturated rings. The predicted octanol–water partition coefficient (Wildman–Crippen LogP) is 2.02. The Bertz CT molecular complexity index is 462. The summed E-state index contributed by atoms with van der Waals surface area (Å²) < 4.78 is 10.9. The van der Waals surface area contributed by atoms with Gasteiger partial charge in [0.25, 0.3) is 0 Å². The van der Waals surface area contributed by atoms with Crippen LogP contribution in [0.1, 0.15) is 30.9 Å². The van der Waals surface area contributed by atoms with Gasteiger partial charge in [0, 0.05) is 5.54 Å². The molecule has 1 heterocycles. The third kappa shape index (κ3) is 1.50. The van der Waals surface area contributed by atoms with E-state index >= 15 is 0 Å². The highest BCUT2D eigenvalue weighted by atomic mass is 16.5. The van der Waals surface area contributed by atoms with E-state index in [0.717, 1.165) is 38.2 Å². The molecule has 1 aromatic rings. The van der Waals surface area contributed by atoms with Crippen LogP contribution in [0.25, 0.3) is 0 Å². The predicted molar refractivity (Wildman–Crippen MR) is 71.0 cm³/mol. The average Bonchev–Trinajstić information content (AvgIpc) is 3.06. The van der Waals surface area contributed by atoms with Crippen molar-refractivity contribution in [2.45, 2.75) is 37.1 Å². The molecule has 0 spiro atoms. The first-order chi connectivity index (χ1) is 8.65. The number of methoxy groups -OCH3 is 1. The lowest BCUT2D eigenvalue weighted by molar-refractivity contribution is -0.0786. The van der Waals surface area contributed by atoms with Gasteiger partial charge in [0.05, 0.1) is 25.7 Å². The highest BCUT2D eigenvalue weighted by Crippen LogP contribution is 2.53. The Kier molecular flexibility index (Phi) is 2.65. The first-order valence-corrected chi connectivity index (χ1v) is 6.69. The van der Waals surface area contributed by atoms with Crippen molar-refractivity contribution in [2.75, 3.05) is 20.3 Å². The number of hydrogen-bond donors (Lipinski definition) is 1. The number of hydrogen-bond acceptors (Lipinski definition) is 3. The van der Waals surface area contributed by atoms with Crippen molar-refractivity contribution in [1.29, 1.82) is 0 Å². The van der Waals surface area contributed by atoms with E-state index in [9.17, 15) is 0 Å². The van der Waals surface area contributed by atoms with Crippen molar-refractivity contribution >= 4 is 0 Å². The molecule has 2 N–H and O–H groups in total. The molecular formula is C15H21NO2. The van der Waals surface area contributed by atoms with Crippen molar-refractivity contribution in [3.8, 4) is 5.75 Å². The van der Waals surface area contributed by atoms with Crippen LogP contribution in [0.15, 0.2) is 18.2 Å². The molecule has 0 radical (unpaired) electrons. The lowest BCUT2D eigenvalue weighted by atomic mass is 9.70. The molecule has 3 rings (SSSR count). The summed E-state index contributed by atoms with van der Waals surface area (Å²) in [6, 6.07) is 6.49.